The van der Waals surface area contributed by atoms with Gasteiger partial charge >= 0.3 is 5.97 Å². The van der Waals surface area contributed by atoms with E-state index in [-0.39, 0.29) is 13.1 Å². The molecule has 1 unspecified atom stereocenters. The smallest absolute Gasteiger partial charge is 0.310 e. The van der Waals surface area contributed by atoms with Crippen LogP contribution in [0.1, 0.15) is 27.2 Å². The molecule has 0 bridgehead atoms. The fourth-order valence-electron chi connectivity index (χ4n) is 0.847. The number of hydrogen-bond acceptors (Lipinski definition) is 3. The van der Waals surface area contributed by atoms with Crippen LogP contribution in [0, 0.1) is 5.41 Å². The second-order valence-corrected chi connectivity index (χ2v) is 5.13. The van der Waals surface area contributed by atoms with Gasteiger partial charge in [-0.1, -0.05) is 13.8 Å². The highest BCUT2D eigenvalue weighted by Gasteiger charge is 2.32. The van der Waals surface area contributed by atoms with Gasteiger partial charge in [0.1, 0.15) is 0 Å². The van der Waals surface area contributed by atoms with Gasteiger partial charge in [0.15, 0.2) is 0 Å². The standard InChI is InChI=1S/C8H18N2O4S/c1-4-8(3,7(11)12)6-10-15(13,14)9-5-2/h9-10H,4-6H2,1-3H3,(H,11,12). The molecule has 0 aliphatic rings. The molecule has 0 rings (SSSR count). The summed E-state index contributed by atoms with van der Waals surface area (Å²) in [5.41, 5.74) is -1.07. The highest BCUT2D eigenvalue weighted by atomic mass is 32.2. The maximum Gasteiger partial charge on any atom is 0.310 e. The van der Waals surface area contributed by atoms with Crippen LogP contribution >= 0.6 is 0 Å². The lowest BCUT2D eigenvalue weighted by Crippen LogP contribution is -2.44. The molecule has 0 fully saturated rings. The Kier molecular flexibility index (Phi) is 5.19. The van der Waals surface area contributed by atoms with Crippen molar-refractivity contribution in [2.24, 2.45) is 5.41 Å². The third-order valence-electron chi connectivity index (χ3n) is 2.28. The van der Waals surface area contributed by atoms with E-state index in [0.717, 1.165) is 0 Å². The Hall–Kier alpha value is -0.660. The van der Waals surface area contributed by atoms with Gasteiger partial charge in [-0.25, -0.2) is 9.44 Å². The minimum Gasteiger partial charge on any atom is -0.481 e. The minimum absolute atomic E-state index is 0.117. The molecule has 15 heavy (non-hydrogen) atoms. The lowest BCUT2D eigenvalue weighted by molar-refractivity contribution is -0.147. The summed E-state index contributed by atoms with van der Waals surface area (Å²) in [6.07, 6.45) is 0.358. The van der Waals surface area contributed by atoms with E-state index in [4.69, 9.17) is 5.11 Å². The molecular formula is C8H18N2O4S. The van der Waals surface area contributed by atoms with Crippen molar-refractivity contribution in [3.8, 4) is 0 Å². The first-order valence-corrected chi connectivity index (χ1v) is 6.23. The minimum atomic E-state index is -3.57. The van der Waals surface area contributed by atoms with Crippen LogP contribution in [-0.4, -0.2) is 32.6 Å². The van der Waals surface area contributed by atoms with Crippen LogP contribution in [0.3, 0.4) is 0 Å². The first-order chi connectivity index (χ1) is 6.77. The number of carbonyl (C=O) groups is 1. The van der Waals surface area contributed by atoms with Gasteiger partial charge in [0, 0.05) is 13.1 Å². The normalized spacial score (nSPS) is 15.9. The number of hydrogen-bond donors (Lipinski definition) is 3. The van der Waals surface area contributed by atoms with E-state index in [1.54, 1.807) is 13.8 Å². The molecule has 0 saturated heterocycles. The average Bonchev–Trinajstić information content (AvgIpc) is 2.14. The molecule has 3 N–H and O–H groups in total. The number of carboxylic acid groups (broad SMARTS) is 1. The highest BCUT2D eigenvalue weighted by molar-refractivity contribution is 7.87. The predicted octanol–water partition coefficient (Wildman–Crippen LogP) is -0.0688. The van der Waals surface area contributed by atoms with Crippen molar-refractivity contribution in [2.45, 2.75) is 27.2 Å². The van der Waals surface area contributed by atoms with E-state index in [0.29, 0.717) is 6.42 Å². The Morgan fingerprint density at radius 1 is 1.33 bits per heavy atom. The van der Waals surface area contributed by atoms with Gasteiger partial charge in [-0.05, 0) is 13.3 Å². The summed E-state index contributed by atoms with van der Waals surface area (Å²) < 4.78 is 26.8. The van der Waals surface area contributed by atoms with Crippen molar-refractivity contribution in [1.29, 1.82) is 0 Å². The molecule has 0 radical (unpaired) electrons. The Balaban J connectivity index is 4.43. The number of nitrogens with one attached hydrogen (secondary N) is 2. The van der Waals surface area contributed by atoms with Crippen LogP contribution in [0.25, 0.3) is 0 Å². The van der Waals surface area contributed by atoms with Crippen LogP contribution in [0.5, 0.6) is 0 Å². The van der Waals surface area contributed by atoms with Crippen molar-refractivity contribution >= 4 is 16.2 Å². The van der Waals surface area contributed by atoms with Gasteiger partial charge in [0.25, 0.3) is 10.2 Å². The van der Waals surface area contributed by atoms with Gasteiger partial charge in [-0.15, -0.1) is 0 Å². The van der Waals surface area contributed by atoms with Gasteiger partial charge in [-0.2, -0.15) is 8.42 Å². The zero-order chi connectivity index (χ0) is 12.1. The number of carboxylic acids is 1. The maximum atomic E-state index is 11.2. The Bertz CT molecular complexity index is 315. The summed E-state index contributed by atoms with van der Waals surface area (Å²) in [5, 5.41) is 8.90. The Labute approximate surface area is 90.2 Å². The SMILES string of the molecule is CCNS(=O)(=O)NCC(C)(CC)C(=O)O. The van der Waals surface area contributed by atoms with Gasteiger partial charge < -0.3 is 5.11 Å². The molecule has 0 aliphatic heterocycles. The summed E-state index contributed by atoms with van der Waals surface area (Å²) in [6.45, 7) is 5.01. The largest absolute Gasteiger partial charge is 0.481 e. The monoisotopic (exact) mass is 238 g/mol. The maximum absolute atomic E-state index is 11.2. The molecule has 0 aromatic rings. The van der Waals surface area contributed by atoms with Crippen molar-refractivity contribution in [2.75, 3.05) is 13.1 Å². The summed E-state index contributed by atoms with van der Waals surface area (Å²) >= 11 is 0. The zero-order valence-electron chi connectivity index (χ0n) is 9.20. The Morgan fingerprint density at radius 2 is 1.87 bits per heavy atom. The summed E-state index contributed by atoms with van der Waals surface area (Å²) in [5.74, 6) is -1.01. The topological polar surface area (TPSA) is 95.5 Å². The second-order valence-electron chi connectivity index (χ2n) is 3.54. The van der Waals surface area contributed by atoms with E-state index in [2.05, 4.69) is 9.44 Å². The van der Waals surface area contributed by atoms with Crippen molar-refractivity contribution in [3.63, 3.8) is 0 Å². The summed E-state index contributed by atoms with van der Waals surface area (Å²) in [7, 11) is -3.57. The first-order valence-electron chi connectivity index (χ1n) is 4.75. The van der Waals surface area contributed by atoms with Gasteiger partial charge in [-0.3, -0.25) is 4.79 Å². The van der Waals surface area contributed by atoms with Crippen LogP contribution in [0.15, 0.2) is 0 Å². The third kappa shape index (κ3) is 4.59. The molecule has 0 amide bonds. The molecule has 0 saturated carbocycles. The fraction of sp³-hybridized carbons (Fsp3) is 0.875. The van der Waals surface area contributed by atoms with Crippen molar-refractivity contribution in [3.05, 3.63) is 0 Å². The average molecular weight is 238 g/mol. The molecule has 7 heteroatoms. The van der Waals surface area contributed by atoms with Gasteiger partial charge in [0.2, 0.25) is 0 Å². The molecule has 0 aromatic carbocycles. The first kappa shape index (κ1) is 14.3. The highest BCUT2D eigenvalue weighted by Crippen LogP contribution is 2.19. The molecule has 90 valence electrons. The number of rotatable bonds is 7. The summed E-state index contributed by atoms with van der Waals surface area (Å²) in [6, 6.07) is 0. The zero-order valence-corrected chi connectivity index (χ0v) is 10.0. The quantitative estimate of drug-likeness (QED) is 0.578. The van der Waals surface area contributed by atoms with E-state index in [1.165, 1.54) is 6.92 Å². The molecule has 0 aromatic heterocycles. The Morgan fingerprint density at radius 3 is 2.20 bits per heavy atom. The molecular weight excluding hydrogens is 220 g/mol. The molecule has 1 atom stereocenters. The van der Waals surface area contributed by atoms with E-state index in [1.807, 2.05) is 0 Å². The lowest BCUT2D eigenvalue weighted by atomic mass is 9.88. The van der Waals surface area contributed by atoms with Crippen LogP contribution < -0.4 is 9.44 Å². The number of aliphatic carboxylic acids is 1. The summed E-state index contributed by atoms with van der Waals surface area (Å²) in [4.78, 5) is 10.9. The van der Waals surface area contributed by atoms with Crippen LogP contribution in [-0.2, 0) is 15.0 Å². The molecule has 0 aliphatic carbocycles. The van der Waals surface area contributed by atoms with Crippen LogP contribution in [0.4, 0.5) is 0 Å². The van der Waals surface area contributed by atoms with E-state index >= 15 is 0 Å². The predicted molar refractivity (Wildman–Crippen MR) is 56.6 cm³/mol. The lowest BCUT2D eigenvalue weighted by Gasteiger charge is -2.23. The van der Waals surface area contributed by atoms with E-state index in [9.17, 15) is 13.2 Å². The molecule has 0 heterocycles. The van der Waals surface area contributed by atoms with Crippen molar-refractivity contribution in [1.82, 2.24) is 9.44 Å². The van der Waals surface area contributed by atoms with E-state index < -0.39 is 21.6 Å². The third-order valence-corrected chi connectivity index (χ3v) is 3.48. The van der Waals surface area contributed by atoms with Crippen molar-refractivity contribution < 1.29 is 18.3 Å². The fourth-order valence-corrected chi connectivity index (χ4v) is 1.84. The molecule has 6 nitrogen and oxygen atoms in total. The molecule has 0 spiro atoms. The van der Waals surface area contributed by atoms with Crippen LogP contribution in [0.2, 0.25) is 0 Å². The second kappa shape index (κ2) is 5.43. The van der Waals surface area contributed by atoms with Gasteiger partial charge in [0.05, 0.1) is 5.41 Å².